The molecule has 2 N–H and O–H groups in total. The highest BCUT2D eigenvalue weighted by molar-refractivity contribution is 7.98. The van der Waals surface area contributed by atoms with Crippen LogP contribution in [0, 0.1) is 0 Å². The highest BCUT2D eigenvalue weighted by Crippen LogP contribution is 2.18. The van der Waals surface area contributed by atoms with E-state index in [0.29, 0.717) is 12.6 Å². The Morgan fingerprint density at radius 3 is 2.81 bits per heavy atom. The molecular weight excluding hydrogens is 220 g/mol. The first-order chi connectivity index (χ1) is 7.61. The number of carbonyl (C=O) groups is 1. The molecule has 1 amide bonds. The molecule has 4 heteroatoms. The van der Waals surface area contributed by atoms with Gasteiger partial charge >= 0.3 is 0 Å². The zero-order chi connectivity index (χ0) is 12.0. The number of hydrogen-bond donors (Lipinski definition) is 2. The Bertz CT molecular complexity index is 353. The molecule has 0 atom stereocenters. The standard InChI is InChI=1S/C12H18N2OS/c1-9(2)13-8-12(15)14-10-5-4-6-11(7-10)16-3/h4-7,9,13H,8H2,1-3H3,(H,14,15). The number of benzene rings is 1. The number of hydrogen-bond acceptors (Lipinski definition) is 3. The summed E-state index contributed by atoms with van der Waals surface area (Å²) in [7, 11) is 0. The van der Waals surface area contributed by atoms with Crippen LogP contribution in [-0.2, 0) is 4.79 Å². The van der Waals surface area contributed by atoms with Crippen molar-refractivity contribution in [3.63, 3.8) is 0 Å². The number of nitrogens with one attached hydrogen (secondary N) is 2. The predicted octanol–water partition coefficient (Wildman–Crippen LogP) is 2.35. The first kappa shape index (κ1) is 13.1. The Kier molecular flexibility index (Phi) is 5.35. The molecule has 3 nitrogen and oxygen atoms in total. The summed E-state index contributed by atoms with van der Waals surface area (Å²) in [4.78, 5) is 12.7. The topological polar surface area (TPSA) is 41.1 Å². The molecule has 0 aromatic heterocycles. The van der Waals surface area contributed by atoms with E-state index in [1.165, 1.54) is 0 Å². The van der Waals surface area contributed by atoms with Crippen LogP contribution >= 0.6 is 11.8 Å². The summed E-state index contributed by atoms with van der Waals surface area (Å²) in [5.74, 6) is -0.00745. The van der Waals surface area contributed by atoms with E-state index in [2.05, 4.69) is 10.6 Å². The molecule has 0 bridgehead atoms. The van der Waals surface area contributed by atoms with Crippen LogP contribution in [0.2, 0.25) is 0 Å². The van der Waals surface area contributed by atoms with E-state index in [1.54, 1.807) is 11.8 Å². The minimum atomic E-state index is -0.00745. The Balaban J connectivity index is 2.49. The highest BCUT2D eigenvalue weighted by atomic mass is 32.2. The number of thioether (sulfide) groups is 1. The van der Waals surface area contributed by atoms with Gasteiger partial charge in [0.05, 0.1) is 6.54 Å². The molecule has 0 aliphatic rings. The van der Waals surface area contributed by atoms with Crippen LogP contribution in [0.3, 0.4) is 0 Å². The fraction of sp³-hybridized carbons (Fsp3) is 0.417. The minimum absolute atomic E-state index is 0.00745. The maximum Gasteiger partial charge on any atom is 0.238 e. The normalized spacial score (nSPS) is 10.5. The molecule has 1 aromatic rings. The molecule has 1 aromatic carbocycles. The van der Waals surface area contributed by atoms with E-state index in [1.807, 2.05) is 44.4 Å². The summed E-state index contributed by atoms with van der Waals surface area (Å²) in [6.07, 6.45) is 2.02. The van der Waals surface area contributed by atoms with Crippen LogP contribution in [0.5, 0.6) is 0 Å². The van der Waals surface area contributed by atoms with Crippen LogP contribution < -0.4 is 10.6 Å². The summed E-state index contributed by atoms with van der Waals surface area (Å²) in [5, 5.41) is 5.93. The van der Waals surface area contributed by atoms with Crippen LogP contribution in [-0.4, -0.2) is 24.7 Å². The maximum atomic E-state index is 11.5. The average molecular weight is 238 g/mol. The summed E-state index contributed by atoms with van der Waals surface area (Å²) >= 11 is 1.66. The molecule has 0 saturated heterocycles. The SMILES string of the molecule is CSc1cccc(NC(=O)CNC(C)C)c1. The van der Waals surface area contributed by atoms with E-state index in [0.717, 1.165) is 10.6 Å². The molecule has 88 valence electrons. The number of carbonyl (C=O) groups excluding carboxylic acids is 1. The minimum Gasteiger partial charge on any atom is -0.325 e. The Hall–Kier alpha value is -1.00. The van der Waals surface area contributed by atoms with E-state index in [9.17, 15) is 4.79 Å². The second-order valence-electron chi connectivity index (χ2n) is 3.82. The zero-order valence-electron chi connectivity index (χ0n) is 9.91. The second-order valence-corrected chi connectivity index (χ2v) is 4.70. The van der Waals surface area contributed by atoms with Gasteiger partial charge in [0.2, 0.25) is 5.91 Å². The largest absolute Gasteiger partial charge is 0.325 e. The van der Waals surface area contributed by atoms with Crippen LogP contribution in [0.4, 0.5) is 5.69 Å². The van der Waals surface area contributed by atoms with Gasteiger partial charge in [-0.15, -0.1) is 11.8 Å². The van der Waals surface area contributed by atoms with Gasteiger partial charge in [-0.2, -0.15) is 0 Å². The van der Waals surface area contributed by atoms with Crippen molar-refractivity contribution in [2.75, 3.05) is 18.1 Å². The predicted molar refractivity (Wildman–Crippen MR) is 70.0 cm³/mol. The molecule has 0 saturated carbocycles. The lowest BCUT2D eigenvalue weighted by Crippen LogP contribution is -2.32. The molecule has 0 aliphatic heterocycles. The van der Waals surface area contributed by atoms with Gasteiger partial charge in [0, 0.05) is 16.6 Å². The van der Waals surface area contributed by atoms with Gasteiger partial charge in [-0.1, -0.05) is 19.9 Å². The fourth-order valence-corrected chi connectivity index (χ4v) is 1.66. The molecule has 0 aliphatic carbocycles. The molecule has 0 fully saturated rings. The lowest BCUT2D eigenvalue weighted by Gasteiger charge is -2.09. The van der Waals surface area contributed by atoms with E-state index in [4.69, 9.17) is 0 Å². The van der Waals surface area contributed by atoms with Crippen molar-refractivity contribution in [3.8, 4) is 0 Å². The third kappa shape index (κ3) is 4.68. The zero-order valence-corrected chi connectivity index (χ0v) is 10.7. The van der Waals surface area contributed by atoms with Crippen LogP contribution in [0.15, 0.2) is 29.2 Å². The third-order valence-electron chi connectivity index (χ3n) is 2.02. The van der Waals surface area contributed by atoms with Crippen molar-refractivity contribution in [1.82, 2.24) is 5.32 Å². The van der Waals surface area contributed by atoms with Crippen molar-refractivity contribution in [1.29, 1.82) is 0 Å². The van der Waals surface area contributed by atoms with Gasteiger partial charge < -0.3 is 10.6 Å². The number of rotatable bonds is 5. The fourth-order valence-electron chi connectivity index (χ4n) is 1.20. The van der Waals surface area contributed by atoms with Gasteiger partial charge in [0.15, 0.2) is 0 Å². The molecule has 0 spiro atoms. The van der Waals surface area contributed by atoms with E-state index >= 15 is 0 Å². The van der Waals surface area contributed by atoms with Gasteiger partial charge in [-0.3, -0.25) is 4.79 Å². The van der Waals surface area contributed by atoms with Crippen LogP contribution in [0.1, 0.15) is 13.8 Å². The van der Waals surface area contributed by atoms with Crippen molar-refractivity contribution < 1.29 is 4.79 Å². The first-order valence-electron chi connectivity index (χ1n) is 5.29. The molecule has 0 radical (unpaired) electrons. The van der Waals surface area contributed by atoms with Crippen molar-refractivity contribution in [2.24, 2.45) is 0 Å². The lowest BCUT2D eigenvalue weighted by atomic mass is 10.3. The van der Waals surface area contributed by atoms with Crippen molar-refractivity contribution >= 4 is 23.4 Å². The maximum absolute atomic E-state index is 11.5. The van der Waals surface area contributed by atoms with Crippen molar-refractivity contribution in [3.05, 3.63) is 24.3 Å². The number of anilines is 1. The second kappa shape index (κ2) is 6.55. The van der Waals surface area contributed by atoms with E-state index < -0.39 is 0 Å². The molecular formula is C12H18N2OS. The highest BCUT2D eigenvalue weighted by Gasteiger charge is 2.03. The molecule has 16 heavy (non-hydrogen) atoms. The molecule has 0 heterocycles. The Labute approximate surface area is 101 Å². The quantitative estimate of drug-likeness (QED) is 0.774. The monoisotopic (exact) mass is 238 g/mol. The average Bonchev–Trinajstić information content (AvgIpc) is 2.26. The Morgan fingerprint density at radius 2 is 2.19 bits per heavy atom. The summed E-state index contributed by atoms with van der Waals surface area (Å²) in [5.41, 5.74) is 0.849. The first-order valence-corrected chi connectivity index (χ1v) is 6.51. The number of amides is 1. The Morgan fingerprint density at radius 1 is 1.44 bits per heavy atom. The summed E-state index contributed by atoms with van der Waals surface area (Å²) in [6, 6.07) is 8.15. The van der Waals surface area contributed by atoms with Crippen LogP contribution in [0.25, 0.3) is 0 Å². The molecule has 0 unspecified atom stereocenters. The van der Waals surface area contributed by atoms with Gasteiger partial charge in [-0.25, -0.2) is 0 Å². The third-order valence-corrected chi connectivity index (χ3v) is 2.75. The smallest absolute Gasteiger partial charge is 0.238 e. The molecule has 1 rings (SSSR count). The van der Waals surface area contributed by atoms with Gasteiger partial charge in [0.25, 0.3) is 0 Å². The van der Waals surface area contributed by atoms with Crippen molar-refractivity contribution in [2.45, 2.75) is 24.8 Å². The van der Waals surface area contributed by atoms with Gasteiger partial charge in [-0.05, 0) is 24.5 Å². The van der Waals surface area contributed by atoms with Gasteiger partial charge in [0.1, 0.15) is 0 Å². The summed E-state index contributed by atoms with van der Waals surface area (Å²) < 4.78 is 0. The summed E-state index contributed by atoms with van der Waals surface area (Å²) in [6.45, 7) is 4.38. The van der Waals surface area contributed by atoms with E-state index in [-0.39, 0.29) is 5.91 Å². The lowest BCUT2D eigenvalue weighted by molar-refractivity contribution is -0.115.